The molecule has 0 spiro atoms. The van der Waals surface area contributed by atoms with Crippen LogP contribution in [0.15, 0.2) is 46.2 Å². The first-order valence-corrected chi connectivity index (χ1v) is 6.52. The SMILES string of the molecule is NC(=NO)c1ccc(NC(=O)c2cccc(Br)n2)c(F)c1. The van der Waals surface area contributed by atoms with Crippen LogP contribution in [0.5, 0.6) is 0 Å². The molecule has 0 saturated carbocycles. The molecular formula is C13H10BrFN4O2. The van der Waals surface area contributed by atoms with Crippen molar-refractivity contribution in [3.8, 4) is 0 Å². The fourth-order valence-electron chi connectivity index (χ4n) is 1.55. The lowest BCUT2D eigenvalue weighted by Gasteiger charge is -2.07. The number of amides is 1. The first kappa shape index (κ1) is 14.9. The van der Waals surface area contributed by atoms with Crippen LogP contribution in [0.3, 0.4) is 0 Å². The maximum atomic E-state index is 13.9. The average Bonchev–Trinajstić information content (AvgIpc) is 2.48. The number of aromatic nitrogens is 1. The van der Waals surface area contributed by atoms with Gasteiger partial charge >= 0.3 is 0 Å². The van der Waals surface area contributed by atoms with Gasteiger partial charge in [0.2, 0.25) is 0 Å². The van der Waals surface area contributed by atoms with Crippen molar-refractivity contribution >= 4 is 33.4 Å². The van der Waals surface area contributed by atoms with E-state index in [2.05, 4.69) is 31.4 Å². The minimum Gasteiger partial charge on any atom is -0.409 e. The molecule has 0 aliphatic carbocycles. The number of amidine groups is 1. The van der Waals surface area contributed by atoms with E-state index in [1.165, 1.54) is 18.2 Å². The molecular weight excluding hydrogens is 343 g/mol. The first-order chi connectivity index (χ1) is 10.0. The number of nitrogens with two attached hydrogens (primary N) is 1. The third-order valence-corrected chi connectivity index (χ3v) is 3.01. The predicted molar refractivity (Wildman–Crippen MR) is 78.8 cm³/mol. The lowest BCUT2D eigenvalue weighted by molar-refractivity contribution is 0.102. The fourth-order valence-corrected chi connectivity index (χ4v) is 1.90. The van der Waals surface area contributed by atoms with Crippen LogP contribution < -0.4 is 11.1 Å². The molecule has 0 aliphatic rings. The highest BCUT2D eigenvalue weighted by Gasteiger charge is 2.12. The zero-order valence-electron chi connectivity index (χ0n) is 10.5. The van der Waals surface area contributed by atoms with Crippen LogP contribution in [0, 0.1) is 5.82 Å². The number of rotatable bonds is 3. The van der Waals surface area contributed by atoms with E-state index < -0.39 is 11.7 Å². The van der Waals surface area contributed by atoms with Crippen molar-refractivity contribution in [3.05, 3.63) is 58.1 Å². The summed E-state index contributed by atoms with van der Waals surface area (Å²) in [6.07, 6.45) is 0. The topological polar surface area (TPSA) is 101 Å². The van der Waals surface area contributed by atoms with E-state index in [9.17, 15) is 9.18 Å². The number of hydrogen-bond donors (Lipinski definition) is 3. The molecule has 8 heteroatoms. The van der Waals surface area contributed by atoms with Crippen molar-refractivity contribution in [2.45, 2.75) is 0 Å². The Morgan fingerprint density at radius 1 is 1.38 bits per heavy atom. The molecule has 2 rings (SSSR count). The molecule has 4 N–H and O–H groups in total. The van der Waals surface area contributed by atoms with Crippen molar-refractivity contribution < 1.29 is 14.4 Å². The van der Waals surface area contributed by atoms with Crippen molar-refractivity contribution in [3.63, 3.8) is 0 Å². The molecule has 0 unspecified atom stereocenters. The van der Waals surface area contributed by atoms with Gasteiger partial charge in [0.25, 0.3) is 5.91 Å². The highest BCUT2D eigenvalue weighted by Crippen LogP contribution is 2.17. The molecule has 1 amide bonds. The number of nitrogens with zero attached hydrogens (tertiary/aromatic N) is 2. The Hall–Kier alpha value is -2.48. The molecule has 2 aromatic rings. The standard InChI is InChI=1S/C13H10BrFN4O2/c14-11-3-1-2-10(17-11)13(20)18-9-5-4-7(6-8(9)15)12(16)19-21/h1-6,21H,(H2,16,19)(H,18,20). The molecule has 0 saturated heterocycles. The van der Waals surface area contributed by atoms with Crippen LogP contribution in [-0.2, 0) is 0 Å². The van der Waals surface area contributed by atoms with Gasteiger partial charge in [-0.15, -0.1) is 0 Å². The van der Waals surface area contributed by atoms with Crippen molar-refractivity contribution in [2.75, 3.05) is 5.32 Å². The second-order valence-corrected chi connectivity index (χ2v) is 4.79. The van der Waals surface area contributed by atoms with Gasteiger partial charge in [-0.05, 0) is 46.3 Å². The Kier molecular flexibility index (Phi) is 4.49. The Bertz CT molecular complexity index is 721. The Labute approximate surface area is 127 Å². The summed E-state index contributed by atoms with van der Waals surface area (Å²) in [5.74, 6) is -1.48. The smallest absolute Gasteiger partial charge is 0.274 e. The third kappa shape index (κ3) is 3.54. The highest BCUT2D eigenvalue weighted by atomic mass is 79.9. The van der Waals surface area contributed by atoms with Gasteiger partial charge in [0.15, 0.2) is 5.84 Å². The molecule has 0 fully saturated rings. The van der Waals surface area contributed by atoms with Crippen LogP contribution in [0.1, 0.15) is 16.1 Å². The molecule has 6 nitrogen and oxygen atoms in total. The minimum atomic E-state index is -0.706. The largest absolute Gasteiger partial charge is 0.409 e. The van der Waals surface area contributed by atoms with E-state index in [-0.39, 0.29) is 22.8 Å². The predicted octanol–water partition coefficient (Wildman–Crippen LogP) is 2.33. The van der Waals surface area contributed by atoms with E-state index in [0.717, 1.165) is 6.07 Å². The van der Waals surface area contributed by atoms with Crippen molar-refractivity contribution in [1.29, 1.82) is 0 Å². The first-order valence-electron chi connectivity index (χ1n) is 5.72. The molecule has 0 radical (unpaired) electrons. The Morgan fingerprint density at radius 3 is 2.76 bits per heavy atom. The molecule has 21 heavy (non-hydrogen) atoms. The van der Waals surface area contributed by atoms with Crippen LogP contribution in [0.25, 0.3) is 0 Å². The average molecular weight is 353 g/mol. The summed E-state index contributed by atoms with van der Waals surface area (Å²) in [5, 5.41) is 13.7. The maximum absolute atomic E-state index is 13.9. The van der Waals surface area contributed by atoms with Crippen LogP contribution in [0.4, 0.5) is 10.1 Å². The second kappa shape index (κ2) is 6.31. The van der Waals surface area contributed by atoms with Gasteiger partial charge in [-0.2, -0.15) is 0 Å². The Morgan fingerprint density at radius 2 is 2.14 bits per heavy atom. The molecule has 1 aromatic heterocycles. The summed E-state index contributed by atoms with van der Waals surface area (Å²) >= 11 is 3.15. The molecule has 1 heterocycles. The van der Waals surface area contributed by atoms with Gasteiger partial charge < -0.3 is 16.3 Å². The van der Waals surface area contributed by atoms with E-state index in [1.807, 2.05) is 0 Å². The number of anilines is 1. The number of hydrogen-bond acceptors (Lipinski definition) is 4. The quantitative estimate of drug-likeness (QED) is 0.259. The monoisotopic (exact) mass is 352 g/mol. The summed E-state index contributed by atoms with van der Waals surface area (Å²) in [4.78, 5) is 15.9. The highest BCUT2D eigenvalue weighted by molar-refractivity contribution is 9.10. The van der Waals surface area contributed by atoms with Gasteiger partial charge in [0, 0.05) is 5.56 Å². The summed E-state index contributed by atoms with van der Waals surface area (Å²) in [6, 6.07) is 8.61. The van der Waals surface area contributed by atoms with Crippen molar-refractivity contribution in [2.24, 2.45) is 10.9 Å². The zero-order valence-corrected chi connectivity index (χ0v) is 12.1. The van der Waals surface area contributed by atoms with Gasteiger partial charge in [0.1, 0.15) is 16.1 Å². The number of oxime groups is 1. The zero-order chi connectivity index (χ0) is 15.4. The normalized spacial score (nSPS) is 11.2. The van der Waals surface area contributed by atoms with E-state index in [0.29, 0.717) is 4.60 Å². The molecule has 108 valence electrons. The van der Waals surface area contributed by atoms with Crippen LogP contribution in [0.2, 0.25) is 0 Å². The Balaban J connectivity index is 2.22. The number of pyridine rings is 1. The lowest BCUT2D eigenvalue weighted by Crippen LogP contribution is -2.16. The third-order valence-electron chi connectivity index (χ3n) is 2.57. The number of benzene rings is 1. The summed E-state index contributed by atoms with van der Waals surface area (Å²) in [5.41, 5.74) is 5.67. The lowest BCUT2D eigenvalue weighted by atomic mass is 10.2. The number of carbonyl (C=O) groups is 1. The van der Waals surface area contributed by atoms with Crippen LogP contribution in [-0.4, -0.2) is 21.9 Å². The van der Waals surface area contributed by atoms with E-state index >= 15 is 0 Å². The van der Waals surface area contributed by atoms with Gasteiger partial charge in [0.05, 0.1) is 5.69 Å². The maximum Gasteiger partial charge on any atom is 0.274 e. The molecule has 0 aliphatic heterocycles. The fraction of sp³-hybridized carbons (Fsp3) is 0. The molecule has 0 bridgehead atoms. The van der Waals surface area contributed by atoms with Crippen molar-refractivity contribution in [1.82, 2.24) is 4.98 Å². The van der Waals surface area contributed by atoms with Gasteiger partial charge in [-0.1, -0.05) is 11.2 Å². The molecule has 1 aromatic carbocycles. The van der Waals surface area contributed by atoms with Gasteiger partial charge in [-0.25, -0.2) is 9.37 Å². The van der Waals surface area contributed by atoms with Crippen LogP contribution >= 0.6 is 15.9 Å². The van der Waals surface area contributed by atoms with Gasteiger partial charge in [-0.3, -0.25) is 4.79 Å². The van der Waals surface area contributed by atoms with E-state index in [4.69, 9.17) is 10.9 Å². The van der Waals surface area contributed by atoms with E-state index in [1.54, 1.807) is 12.1 Å². The summed E-state index contributed by atoms with van der Waals surface area (Å²) in [6.45, 7) is 0. The second-order valence-electron chi connectivity index (χ2n) is 3.98. The number of halogens is 2. The summed E-state index contributed by atoms with van der Waals surface area (Å²) < 4.78 is 14.4. The summed E-state index contributed by atoms with van der Waals surface area (Å²) in [7, 11) is 0. The molecule has 0 atom stereocenters. The minimum absolute atomic E-state index is 0.0312. The number of nitrogens with one attached hydrogen (secondary N) is 1. The number of carbonyl (C=O) groups excluding carboxylic acids is 1.